The van der Waals surface area contributed by atoms with Crippen molar-refractivity contribution < 1.29 is 14.0 Å². The third kappa shape index (κ3) is 3.73. The number of thiazole rings is 1. The minimum absolute atomic E-state index is 0.0761. The van der Waals surface area contributed by atoms with E-state index < -0.39 is 0 Å². The first-order chi connectivity index (χ1) is 13.1. The summed E-state index contributed by atoms with van der Waals surface area (Å²) in [4.78, 5) is 30.5. The lowest BCUT2D eigenvalue weighted by Gasteiger charge is -2.16. The van der Waals surface area contributed by atoms with Gasteiger partial charge in [-0.15, -0.1) is 11.3 Å². The number of anilines is 2. The molecule has 0 aliphatic carbocycles. The maximum Gasteiger partial charge on any atom is 0.257 e. The summed E-state index contributed by atoms with van der Waals surface area (Å²) >= 11 is 1.27. The highest BCUT2D eigenvalue weighted by atomic mass is 32.1. The Balaban J connectivity index is 1.51. The van der Waals surface area contributed by atoms with E-state index in [1.54, 1.807) is 40.6 Å². The number of amides is 2. The molecule has 0 saturated carbocycles. The molecule has 2 heterocycles. The Labute approximate surface area is 159 Å². The van der Waals surface area contributed by atoms with E-state index >= 15 is 0 Å². The van der Waals surface area contributed by atoms with Gasteiger partial charge in [0.2, 0.25) is 5.91 Å². The largest absolute Gasteiger partial charge is 0.312 e. The highest BCUT2D eigenvalue weighted by molar-refractivity contribution is 7.14. The maximum atomic E-state index is 13.4. The third-order valence-corrected chi connectivity index (χ3v) is 5.10. The minimum atomic E-state index is -0.334. The number of nitrogens with one attached hydrogen (secondary N) is 1. The summed E-state index contributed by atoms with van der Waals surface area (Å²) in [5, 5.41) is 4.96. The van der Waals surface area contributed by atoms with Crippen LogP contribution in [0, 0.1) is 5.82 Å². The van der Waals surface area contributed by atoms with Gasteiger partial charge in [-0.1, -0.05) is 18.2 Å². The van der Waals surface area contributed by atoms with Crippen LogP contribution in [-0.2, 0) is 4.79 Å². The van der Waals surface area contributed by atoms with Crippen LogP contribution < -0.4 is 10.2 Å². The standard InChI is InChI=1S/C20H16FN3O2S/c21-15-6-1-4-13(10-15)17-12-27-20(22-17)23-19(26)14-5-2-7-16(11-14)24-9-3-8-18(24)25/h1-2,4-7,10-12H,3,8-9H2,(H,22,23,26). The van der Waals surface area contributed by atoms with Crippen LogP contribution in [0.25, 0.3) is 11.3 Å². The van der Waals surface area contributed by atoms with E-state index in [1.807, 2.05) is 6.07 Å². The molecular formula is C20H16FN3O2S. The van der Waals surface area contributed by atoms with Gasteiger partial charge >= 0.3 is 0 Å². The zero-order valence-electron chi connectivity index (χ0n) is 14.3. The molecule has 1 N–H and O–H groups in total. The van der Waals surface area contributed by atoms with Gasteiger partial charge < -0.3 is 4.90 Å². The van der Waals surface area contributed by atoms with Gasteiger partial charge in [-0.25, -0.2) is 9.37 Å². The van der Waals surface area contributed by atoms with Gasteiger partial charge in [0.15, 0.2) is 5.13 Å². The number of hydrogen-bond acceptors (Lipinski definition) is 4. The van der Waals surface area contributed by atoms with Gasteiger partial charge in [-0.05, 0) is 36.8 Å². The summed E-state index contributed by atoms with van der Waals surface area (Å²) in [6, 6.07) is 13.1. The quantitative estimate of drug-likeness (QED) is 0.732. The lowest BCUT2D eigenvalue weighted by atomic mass is 10.1. The molecule has 0 unspecified atom stereocenters. The van der Waals surface area contributed by atoms with Gasteiger partial charge in [-0.3, -0.25) is 14.9 Å². The molecule has 2 aromatic carbocycles. The first-order valence-electron chi connectivity index (χ1n) is 8.53. The molecule has 1 aromatic heterocycles. The fourth-order valence-corrected chi connectivity index (χ4v) is 3.73. The second-order valence-corrected chi connectivity index (χ2v) is 7.06. The van der Waals surface area contributed by atoms with Crippen molar-refractivity contribution in [2.75, 3.05) is 16.8 Å². The average Bonchev–Trinajstić information content (AvgIpc) is 3.31. The Kier molecular flexibility index (Phi) is 4.68. The second-order valence-electron chi connectivity index (χ2n) is 6.20. The van der Waals surface area contributed by atoms with Crippen LogP contribution in [0.2, 0.25) is 0 Å². The SMILES string of the molecule is O=C(Nc1nc(-c2cccc(F)c2)cs1)c1cccc(N2CCCC2=O)c1. The average molecular weight is 381 g/mol. The molecule has 1 fully saturated rings. The highest BCUT2D eigenvalue weighted by Crippen LogP contribution is 2.26. The predicted octanol–water partition coefficient (Wildman–Crippen LogP) is 4.33. The summed E-state index contributed by atoms with van der Waals surface area (Å²) in [6.45, 7) is 0.674. The van der Waals surface area contributed by atoms with E-state index in [0.29, 0.717) is 34.9 Å². The molecule has 3 aromatic rings. The van der Waals surface area contributed by atoms with Crippen molar-refractivity contribution in [3.63, 3.8) is 0 Å². The molecule has 2 amide bonds. The van der Waals surface area contributed by atoms with Gasteiger partial charge in [0.25, 0.3) is 5.91 Å². The smallest absolute Gasteiger partial charge is 0.257 e. The molecule has 0 radical (unpaired) electrons. The minimum Gasteiger partial charge on any atom is -0.312 e. The molecule has 136 valence electrons. The highest BCUT2D eigenvalue weighted by Gasteiger charge is 2.22. The fraction of sp³-hybridized carbons (Fsp3) is 0.150. The topological polar surface area (TPSA) is 62.3 Å². The van der Waals surface area contributed by atoms with Crippen LogP contribution in [-0.4, -0.2) is 23.3 Å². The Morgan fingerprint density at radius 1 is 1.19 bits per heavy atom. The lowest BCUT2D eigenvalue weighted by Crippen LogP contribution is -2.24. The van der Waals surface area contributed by atoms with E-state index in [-0.39, 0.29) is 17.6 Å². The van der Waals surface area contributed by atoms with Crippen molar-refractivity contribution in [1.29, 1.82) is 0 Å². The summed E-state index contributed by atoms with van der Waals surface area (Å²) in [6.07, 6.45) is 1.37. The van der Waals surface area contributed by atoms with Crippen molar-refractivity contribution in [3.05, 3.63) is 65.3 Å². The van der Waals surface area contributed by atoms with Crippen LogP contribution in [0.1, 0.15) is 23.2 Å². The Morgan fingerprint density at radius 2 is 2.04 bits per heavy atom. The van der Waals surface area contributed by atoms with Crippen LogP contribution in [0.3, 0.4) is 0 Å². The molecule has 1 aliphatic heterocycles. The Morgan fingerprint density at radius 3 is 2.81 bits per heavy atom. The first kappa shape index (κ1) is 17.4. The second kappa shape index (κ2) is 7.28. The molecule has 7 heteroatoms. The number of halogens is 1. The molecule has 1 aliphatic rings. The number of hydrogen-bond donors (Lipinski definition) is 1. The van der Waals surface area contributed by atoms with Crippen LogP contribution in [0.15, 0.2) is 53.9 Å². The number of nitrogens with zero attached hydrogens (tertiary/aromatic N) is 2. The molecule has 27 heavy (non-hydrogen) atoms. The predicted molar refractivity (Wildman–Crippen MR) is 103 cm³/mol. The van der Waals surface area contributed by atoms with Crippen molar-refractivity contribution in [2.24, 2.45) is 0 Å². The number of carbonyl (C=O) groups excluding carboxylic acids is 2. The summed E-state index contributed by atoms with van der Waals surface area (Å²) in [5.41, 5.74) is 2.44. The zero-order valence-corrected chi connectivity index (χ0v) is 15.1. The molecule has 5 nitrogen and oxygen atoms in total. The molecule has 0 atom stereocenters. The summed E-state index contributed by atoms with van der Waals surface area (Å²) < 4.78 is 13.4. The fourth-order valence-electron chi connectivity index (χ4n) is 3.02. The van der Waals surface area contributed by atoms with Crippen molar-refractivity contribution in [2.45, 2.75) is 12.8 Å². The van der Waals surface area contributed by atoms with Gasteiger partial charge in [0, 0.05) is 35.2 Å². The van der Waals surface area contributed by atoms with E-state index in [4.69, 9.17) is 0 Å². The van der Waals surface area contributed by atoms with Crippen molar-refractivity contribution in [3.8, 4) is 11.3 Å². The van der Waals surface area contributed by atoms with Gasteiger partial charge in [-0.2, -0.15) is 0 Å². The van der Waals surface area contributed by atoms with Gasteiger partial charge in [0.1, 0.15) is 5.82 Å². The number of carbonyl (C=O) groups is 2. The Bertz CT molecular complexity index is 1020. The maximum absolute atomic E-state index is 13.4. The summed E-state index contributed by atoms with van der Waals surface area (Å²) in [7, 11) is 0. The van der Waals surface area contributed by atoms with E-state index in [0.717, 1.165) is 12.1 Å². The number of aromatic nitrogens is 1. The van der Waals surface area contributed by atoms with Crippen LogP contribution in [0.5, 0.6) is 0 Å². The van der Waals surface area contributed by atoms with Gasteiger partial charge in [0.05, 0.1) is 5.69 Å². The van der Waals surface area contributed by atoms with E-state index in [2.05, 4.69) is 10.3 Å². The van der Waals surface area contributed by atoms with E-state index in [1.165, 1.54) is 23.5 Å². The molecular weight excluding hydrogens is 365 g/mol. The number of benzene rings is 2. The third-order valence-electron chi connectivity index (χ3n) is 4.34. The first-order valence-corrected chi connectivity index (χ1v) is 9.41. The van der Waals surface area contributed by atoms with Crippen LogP contribution in [0.4, 0.5) is 15.2 Å². The monoisotopic (exact) mass is 381 g/mol. The van der Waals surface area contributed by atoms with Crippen molar-refractivity contribution in [1.82, 2.24) is 4.98 Å². The molecule has 0 spiro atoms. The zero-order chi connectivity index (χ0) is 18.8. The van der Waals surface area contributed by atoms with Crippen LogP contribution >= 0.6 is 11.3 Å². The number of rotatable bonds is 4. The molecule has 1 saturated heterocycles. The molecule has 0 bridgehead atoms. The Hall–Kier alpha value is -3.06. The summed E-state index contributed by atoms with van der Waals surface area (Å²) in [5.74, 6) is -0.560. The normalized spacial score (nSPS) is 13.8. The van der Waals surface area contributed by atoms with Crippen molar-refractivity contribution >= 4 is 34.0 Å². The van der Waals surface area contributed by atoms with E-state index in [9.17, 15) is 14.0 Å². The lowest BCUT2D eigenvalue weighted by molar-refractivity contribution is -0.117. The molecule has 4 rings (SSSR count).